The molecule has 0 unspecified atom stereocenters. The lowest BCUT2D eigenvalue weighted by molar-refractivity contribution is 0.102. The molecule has 0 atom stereocenters. The number of rotatable bonds is 1. The van der Waals surface area contributed by atoms with Gasteiger partial charge in [0.25, 0.3) is 10.0 Å². The fourth-order valence-corrected chi connectivity index (χ4v) is 4.18. The molecule has 1 heterocycles. The molecular weight excluding hydrogens is 357 g/mol. The van der Waals surface area contributed by atoms with Crippen molar-refractivity contribution in [3.8, 4) is 0 Å². The summed E-state index contributed by atoms with van der Waals surface area (Å²) in [6.45, 7) is 0. The Bertz CT molecular complexity index is 1220. The molecule has 0 bridgehead atoms. The number of ketones is 1. The SMILES string of the molecule is O=C1C(=C(O)c2ccc3ccccc3c2)NS(=O)(=O)c2ccc(F)cc21. The molecule has 3 aromatic rings. The Morgan fingerprint density at radius 3 is 2.46 bits per heavy atom. The monoisotopic (exact) mass is 369 g/mol. The van der Waals surface area contributed by atoms with E-state index in [9.17, 15) is 22.7 Å². The molecular formula is C19H12FNO4S. The highest BCUT2D eigenvalue weighted by atomic mass is 32.2. The van der Waals surface area contributed by atoms with Crippen molar-refractivity contribution in [3.05, 3.63) is 83.3 Å². The van der Waals surface area contributed by atoms with Crippen LogP contribution in [0, 0.1) is 5.82 Å². The number of carbonyl (C=O) groups is 1. The van der Waals surface area contributed by atoms with E-state index in [0.717, 1.165) is 29.0 Å². The molecule has 0 aliphatic carbocycles. The van der Waals surface area contributed by atoms with Crippen molar-refractivity contribution in [1.29, 1.82) is 0 Å². The van der Waals surface area contributed by atoms with Gasteiger partial charge in [-0.15, -0.1) is 0 Å². The fraction of sp³-hybridized carbons (Fsp3) is 0. The fourth-order valence-electron chi connectivity index (χ4n) is 2.92. The Kier molecular flexibility index (Phi) is 3.55. The summed E-state index contributed by atoms with van der Waals surface area (Å²) in [4.78, 5) is 12.3. The smallest absolute Gasteiger partial charge is 0.262 e. The van der Waals surface area contributed by atoms with Crippen molar-refractivity contribution in [1.82, 2.24) is 4.72 Å². The van der Waals surface area contributed by atoms with Gasteiger partial charge in [-0.1, -0.05) is 36.4 Å². The normalized spacial score (nSPS) is 17.5. The number of aliphatic hydroxyl groups excluding tert-OH is 1. The summed E-state index contributed by atoms with van der Waals surface area (Å²) >= 11 is 0. The number of halogens is 1. The lowest BCUT2D eigenvalue weighted by Gasteiger charge is -2.20. The van der Waals surface area contributed by atoms with Crippen LogP contribution in [0.4, 0.5) is 4.39 Å². The van der Waals surface area contributed by atoms with Crippen molar-refractivity contribution in [2.75, 3.05) is 0 Å². The summed E-state index contributed by atoms with van der Waals surface area (Å²) < 4.78 is 40.3. The number of hydrogen-bond acceptors (Lipinski definition) is 4. The largest absolute Gasteiger partial charge is 0.505 e. The Balaban J connectivity index is 1.91. The van der Waals surface area contributed by atoms with Crippen LogP contribution in [0.1, 0.15) is 15.9 Å². The minimum Gasteiger partial charge on any atom is -0.505 e. The van der Waals surface area contributed by atoms with Gasteiger partial charge in [-0.3, -0.25) is 9.52 Å². The molecule has 3 aromatic carbocycles. The first-order valence-corrected chi connectivity index (χ1v) is 9.14. The van der Waals surface area contributed by atoms with Gasteiger partial charge in [0.05, 0.1) is 4.90 Å². The van der Waals surface area contributed by atoms with Gasteiger partial charge in [0.2, 0.25) is 5.78 Å². The second-order valence-electron chi connectivity index (χ2n) is 5.86. The Morgan fingerprint density at radius 2 is 1.69 bits per heavy atom. The minimum atomic E-state index is -4.09. The first kappa shape index (κ1) is 16.3. The standard InChI is InChI=1S/C19H12FNO4S/c20-14-7-8-16-15(10-14)19(23)17(21-26(16,24)25)18(22)13-6-5-11-3-1-2-4-12(11)9-13/h1-10,21-22H. The van der Waals surface area contributed by atoms with Gasteiger partial charge in [-0.2, -0.15) is 0 Å². The van der Waals surface area contributed by atoms with Crippen LogP contribution in [0.25, 0.3) is 16.5 Å². The van der Waals surface area contributed by atoms with E-state index in [1.165, 1.54) is 0 Å². The molecule has 26 heavy (non-hydrogen) atoms. The molecule has 7 heteroatoms. The molecule has 0 fully saturated rings. The van der Waals surface area contributed by atoms with Crippen LogP contribution in [-0.4, -0.2) is 19.3 Å². The number of benzene rings is 3. The van der Waals surface area contributed by atoms with E-state index < -0.39 is 33.1 Å². The molecule has 0 aromatic heterocycles. The zero-order chi connectivity index (χ0) is 18.5. The van der Waals surface area contributed by atoms with Gasteiger partial charge in [0.1, 0.15) is 11.5 Å². The van der Waals surface area contributed by atoms with Crippen molar-refractivity contribution in [2.24, 2.45) is 0 Å². The maximum Gasteiger partial charge on any atom is 0.262 e. The van der Waals surface area contributed by atoms with E-state index in [1.54, 1.807) is 18.2 Å². The highest BCUT2D eigenvalue weighted by molar-refractivity contribution is 7.90. The Morgan fingerprint density at radius 1 is 0.962 bits per heavy atom. The van der Waals surface area contributed by atoms with Crippen LogP contribution in [0.3, 0.4) is 0 Å². The van der Waals surface area contributed by atoms with Gasteiger partial charge in [0.15, 0.2) is 5.76 Å². The van der Waals surface area contributed by atoms with Crippen molar-refractivity contribution in [3.63, 3.8) is 0 Å². The first-order chi connectivity index (χ1) is 12.4. The maximum atomic E-state index is 13.5. The highest BCUT2D eigenvalue weighted by Crippen LogP contribution is 2.29. The van der Waals surface area contributed by atoms with Gasteiger partial charge in [0, 0.05) is 11.1 Å². The average Bonchev–Trinajstić information content (AvgIpc) is 2.63. The number of aliphatic hydroxyl groups is 1. The Hall–Kier alpha value is -3.19. The quantitative estimate of drug-likeness (QED) is 0.509. The zero-order valence-electron chi connectivity index (χ0n) is 13.2. The minimum absolute atomic E-state index is 0.273. The summed E-state index contributed by atoms with van der Waals surface area (Å²) in [5, 5.41) is 12.3. The second kappa shape index (κ2) is 5.67. The molecule has 2 N–H and O–H groups in total. The lowest BCUT2D eigenvalue weighted by atomic mass is 10.0. The number of hydrogen-bond donors (Lipinski definition) is 2. The summed E-state index contributed by atoms with van der Waals surface area (Å²) in [5.74, 6) is -2.04. The molecule has 0 amide bonds. The molecule has 0 radical (unpaired) electrons. The van der Waals surface area contributed by atoms with E-state index in [-0.39, 0.29) is 16.0 Å². The third-order valence-electron chi connectivity index (χ3n) is 4.20. The molecule has 130 valence electrons. The van der Waals surface area contributed by atoms with E-state index >= 15 is 0 Å². The van der Waals surface area contributed by atoms with Gasteiger partial charge >= 0.3 is 0 Å². The molecule has 1 aliphatic rings. The predicted octanol–water partition coefficient (Wildman–Crippen LogP) is 3.38. The number of fused-ring (bicyclic) bond motifs is 2. The number of allylic oxidation sites excluding steroid dienone is 1. The zero-order valence-corrected chi connectivity index (χ0v) is 14.0. The second-order valence-corrected chi connectivity index (χ2v) is 7.51. The van der Waals surface area contributed by atoms with Gasteiger partial charge in [-0.05, 0) is 35.0 Å². The maximum absolute atomic E-state index is 13.5. The molecule has 5 nitrogen and oxygen atoms in total. The molecule has 0 saturated heterocycles. The number of Topliss-reactive ketones (excluding diaryl/α,β-unsaturated/α-hetero) is 1. The number of sulfonamides is 1. The van der Waals surface area contributed by atoms with E-state index in [1.807, 2.05) is 24.3 Å². The highest BCUT2D eigenvalue weighted by Gasteiger charge is 2.35. The third kappa shape index (κ3) is 2.53. The van der Waals surface area contributed by atoms with Crippen LogP contribution in [-0.2, 0) is 10.0 Å². The molecule has 4 rings (SSSR count). The summed E-state index contributed by atoms with van der Waals surface area (Å²) in [6.07, 6.45) is 0. The van der Waals surface area contributed by atoms with Crippen LogP contribution in [0.15, 0.2) is 71.3 Å². The predicted molar refractivity (Wildman–Crippen MR) is 94.5 cm³/mol. The molecule has 0 spiro atoms. The third-order valence-corrected chi connectivity index (χ3v) is 5.61. The number of carbonyl (C=O) groups excluding carboxylic acids is 1. The molecule has 1 aliphatic heterocycles. The van der Waals surface area contributed by atoms with Gasteiger partial charge in [-0.25, -0.2) is 12.8 Å². The van der Waals surface area contributed by atoms with Crippen LogP contribution < -0.4 is 4.72 Å². The Labute approximate surface area is 148 Å². The van der Waals surface area contributed by atoms with E-state index in [4.69, 9.17) is 0 Å². The van der Waals surface area contributed by atoms with Crippen LogP contribution >= 0.6 is 0 Å². The van der Waals surface area contributed by atoms with Crippen molar-refractivity contribution >= 4 is 32.3 Å². The first-order valence-electron chi connectivity index (χ1n) is 7.66. The molecule has 0 saturated carbocycles. The number of nitrogens with one attached hydrogen (secondary N) is 1. The summed E-state index contributed by atoms with van der Waals surface area (Å²) in [7, 11) is -4.09. The van der Waals surface area contributed by atoms with Crippen molar-refractivity contribution < 1.29 is 22.7 Å². The van der Waals surface area contributed by atoms with E-state index in [0.29, 0.717) is 0 Å². The van der Waals surface area contributed by atoms with Crippen LogP contribution in [0.5, 0.6) is 0 Å². The van der Waals surface area contributed by atoms with Crippen LogP contribution in [0.2, 0.25) is 0 Å². The summed E-state index contributed by atoms with van der Waals surface area (Å²) in [6, 6.07) is 15.2. The van der Waals surface area contributed by atoms with Gasteiger partial charge < -0.3 is 5.11 Å². The lowest BCUT2D eigenvalue weighted by Crippen LogP contribution is -2.35. The topological polar surface area (TPSA) is 83.5 Å². The summed E-state index contributed by atoms with van der Waals surface area (Å²) in [5.41, 5.74) is -0.543. The van der Waals surface area contributed by atoms with E-state index in [2.05, 4.69) is 4.72 Å². The average molecular weight is 369 g/mol. The van der Waals surface area contributed by atoms with Crippen molar-refractivity contribution in [2.45, 2.75) is 4.90 Å².